The smallest absolute Gasteiger partial charge is 0.0328 e. The van der Waals surface area contributed by atoms with Crippen LogP contribution in [0.2, 0.25) is 0 Å². The monoisotopic (exact) mass is 246 g/mol. The largest absolute Gasteiger partial charge is 0.309 e. The molecule has 2 rings (SSSR count). The van der Waals surface area contributed by atoms with Crippen molar-refractivity contribution in [1.82, 2.24) is 10.2 Å². The molecule has 0 aliphatic heterocycles. The summed E-state index contributed by atoms with van der Waals surface area (Å²) in [5.41, 5.74) is 3.06. The quantitative estimate of drug-likeness (QED) is 0.830. The summed E-state index contributed by atoms with van der Waals surface area (Å²) in [5.74, 6) is 0. The minimum atomic E-state index is 0.579. The van der Waals surface area contributed by atoms with E-state index in [-0.39, 0.29) is 0 Å². The minimum Gasteiger partial charge on any atom is -0.309 e. The standard InChI is InChI=1S/C16H26N2/c1-13(7-6-12-18(2)3)17-16-11-10-14-8-4-5-9-15(14)16/h4-5,8-9,13,16-17H,6-7,10-12H2,1-3H3/t13-,16+/m0/s1. The van der Waals surface area contributed by atoms with Crippen LogP contribution in [-0.2, 0) is 6.42 Å². The molecule has 0 heterocycles. The van der Waals surface area contributed by atoms with E-state index in [0.717, 1.165) is 0 Å². The lowest BCUT2D eigenvalue weighted by atomic mass is 10.1. The summed E-state index contributed by atoms with van der Waals surface area (Å²) in [7, 11) is 4.29. The van der Waals surface area contributed by atoms with Gasteiger partial charge in [0.15, 0.2) is 0 Å². The number of nitrogens with zero attached hydrogens (tertiary/aromatic N) is 1. The lowest BCUT2D eigenvalue weighted by Crippen LogP contribution is -2.30. The highest BCUT2D eigenvalue weighted by Crippen LogP contribution is 2.31. The lowest BCUT2D eigenvalue weighted by Gasteiger charge is -2.21. The van der Waals surface area contributed by atoms with Gasteiger partial charge in [0.1, 0.15) is 0 Å². The second-order valence-electron chi connectivity index (χ2n) is 5.80. The molecule has 0 aromatic heterocycles. The van der Waals surface area contributed by atoms with Crippen molar-refractivity contribution in [2.24, 2.45) is 0 Å². The first kappa shape index (κ1) is 13.6. The SMILES string of the molecule is C[C@@H](CCCN(C)C)N[C@@H]1CCc2ccccc21. The molecule has 2 nitrogen and oxygen atoms in total. The molecule has 2 heteroatoms. The van der Waals surface area contributed by atoms with Crippen LogP contribution >= 0.6 is 0 Å². The van der Waals surface area contributed by atoms with Crippen molar-refractivity contribution in [2.75, 3.05) is 20.6 Å². The second kappa shape index (κ2) is 6.35. The third kappa shape index (κ3) is 3.56. The molecule has 1 aromatic rings. The fraction of sp³-hybridized carbons (Fsp3) is 0.625. The molecule has 0 spiro atoms. The van der Waals surface area contributed by atoms with E-state index >= 15 is 0 Å². The van der Waals surface area contributed by atoms with Crippen LogP contribution in [0.4, 0.5) is 0 Å². The summed E-state index contributed by atoms with van der Waals surface area (Å²) >= 11 is 0. The van der Waals surface area contributed by atoms with Crippen LogP contribution in [0.25, 0.3) is 0 Å². The van der Waals surface area contributed by atoms with Crippen molar-refractivity contribution in [3.8, 4) is 0 Å². The Labute approximate surface area is 111 Å². The summed E-state index contributed by atoms with van der Waals surface area (Å²) < 4.78 is 0. The summed E-state index contributed by atoms with van der Waals surface area (Å²) in [4.78, 5) is 2.26. The Kier molecular flexibility index (Phi) is 4.79. The van der Waals surface area contributed by atoms with Crippen LogP contribution in [0, 0.1) is 0 Å². The number of nitrogens with one attached hydrogen (secondary N) is 1. The van der Waals surface area contributed by atoms with Crippen molar-refractivity contribution in [3.63, 3.8) is 0 Å². The summed E-state index contributed by atoms with van der Waals surface area (Å²) in [6.07, 6.45) is 5.03. The number of hydrogen-bond acceptors (Lipinski definition) is 2. The van der Waals surface area contributed by atoms with Gasteiger partial charge in [-0.2, -0.15) is 0 Å². The molecule has 0 unspecified atom stereocenters. The Balaban J connectivity index is 1.80. The predicted molar refractivity (Wildman–Crippen MR) is 77.9 cm³/mol. The van der Waals surface area contributed by atoms with E-state index in [2.05, 4.69) is 55.5 Å². The molecule has 1 aliphatic carbocycles. The van der Waals surface area contributed by atoms with Gasteiger partial charge in [0.05, 0.1) is 0 Å². The van der Waals surface area contributed by atoms with E-state index in [9.17, 15) is 0 Å². The lowest BCUT2D eigenvalue weighted by molar-refractivity contribution is 0.363. The maximum atomic E-state index is 3.79. The molecule has 100 valence electrons. The van der Waals surface area contributed by atoms with Gasteiger partial charge in [-0.1, -0.05) is 24.3 Å². The van der Waals surface area contributed by atoms with Gasteiger partial charge >= 0.3 is 0 Å². The number of aryl methyl sites for hydroxylation is 1. The van der Waals surface area contributed by atoms with Crippen LogP contribution in [0.3, 0.4) is 0 Å². The van der Waals surface area contributed by atoms with Crippen molar-refractivity contribution in [3.05, 3.63) is 35.4 Å². The van der Waals surface area contributed by atoms with Crippen molar-refractivity contribution in [2.45, 2.75) is 44.7 Å². The van der Waals surface area contributed by atoms with Crippen molar-refractivity contribution in [1.29, 1.82) is 0 Å². The molecule has 0 radical (unpaired) electrons. The zero-order valence-corrected chi connectivity index (χ0v) is 11.9. The fourth-order valence-electron chi connectivity index (χ4n) is 2.87. The third-order valence-electron chi connectivity index (χ3n) is 3.86. The molecule has 18 heavy (non-hydrogen) atoms. The molecular weight excluding hydrogens is 220 g/mol. The van der Waals surface area contributed by atoms with E-state index in [0.29, 0.717) is 12.1 Å². The molecule has 0 fully saturated rings. The molecule has 1 aromatic carbocycles. The highest BCUT2D eigenvalue weighted by molar-refractivity contribution is 5.34. The first-order valence-electron chi connectivity index (χ1n) is 7.15. The van der Waals surface area contributed by atoms with Crippen LogP contribution < -0.4 is 5.32 Å². The highest BCUT2D eigenvalue weighted by Gasteiger charge is 2.22. The molecule has 0 amide bonds. The number of hydrogen-bond donors (Lipinski definition) is 1. The molecular formula is C16H26N2. The Morgan fingerprint density at radius 1 is 1.33 bits per heavy atom. The molecule has 1 N–H and O–H groups in total. The average molecular weight is 246 g/mol. The Morgan fingerprint density at radius 2 is 2.11 bits per heavy atom. The molecule has 0 saturated heterocycles. The van der Waals surface area contributed by atoms with Crippen LogP contribution in [0.15, 0.2) is 24.3 Å². The second-order valence-corrected chi connectivity index (χ2v) is 5.80. The Morgan fingerprint density at radius 3 is 2.89 bits per heavy atom. The van der Waals surface area contributed by atoms with Gasteiger partial charge in [0, 0.05) is 12.1 Å². The predicted octanol–water partition coefficient (Wildman–Crippen LogP) is 2.99. The summed E-state index contributed by atoms with van der Waals surface area (Å²) in [6, 6.07) is 10.1. The van der Waals surface area contributed by atoms with Gasteiger partial charge in [0.2, 0.25) is 0 Å². The van der Waals surface area contributed by atoms with Gasteiger partial charge in [-0.3, -0.25) is 0 Å². The van der Waals surface area contributed by atoms with E-state index in [1.54, 1.807) is 0 Å². The van der Waals surface area contributed by atoms with Gasteiger partial charge in [-0.15, -0.1) is 0 Å². The topological polar surface area (TPSA) is 15.3 Å². The zero-order chi connectivity index (χ0) is 13.0. The summed E-state index contributed by atoms with van der Waals surface area (Å²) in [6.45, 7) is 3.50. The molecule has 2 atom stereocenters. The minimum absolute atomic E-state index is 0.579. The zero-order valence-electron chi connectivity index (χ0n) is 11.9. The van der Waals surface area contributed by atoms with Gasteiger partial charge in [-0.25, -0.2) is 0 Å². The van der Waals surface area contributed by atoms with E-state index < -0.39 is 0 Å². The van der Waals surface area contributed by atoms with E-state index in [1.807, 2.05) is 0 Å². The van der Waals surface area contributed by atoms with Crippen LogP contribution in [0.1, 0.15) is 43.4 Å². The maximum Gasteiger partial charge on any atom is 0.0328 e. The Bertz CT molecular complexity index is 373. The third-order valence-corrected chi connectivity index (χ3v) is 3.86. The van der Waals surface area contributed by atoms with E-state index in [4.69, 9.17) is 0 Å². The first-order valence-corrected chi connectivity index (χ1v) is 7.15. The molecule has 0 bridgehead atoms. The van der Waals surface area contributed by atoms with Crippen molar-refractivity contribution < 1.29 is 0 Å². The number of fused-ring (bicyclic) bond motifs is 1. The van der Waals surface area contributed by atoms with Gasteiger partial charge in [0.25, 0.3) is 0 Å². The first-order chi connectivity index (χ1) is 8.66. The van der Waals surface area contributed by atoms with Gasteiger partial charge < -0.3 is 10.2 Å². The normalized spacial score (nSPS) is 20.1. The fourth-order valence-corrected chi connectivity index (χ4v) is 2.87. The average Bonchev–Trinajstić information content (AvgIpc) is 2.72. The van der Waals surface area contributed by atoms with Gasteiger partial charge in [-0.05, 0) is 64.4 Å². The van der Waals surface area contributed by atoms with E-state index in [1.165, 1.54) is 43.4 Å². The number of rotatable bonds is 6. The van der Waals surface area contributed by atoms with Crippen molar-refractivity contribution >= 4 is 0 Å². The maximum absolute atomic E-state index is 3.79. The van der Waals surface area contributed by atoms with Crippen LogP contribution in [-0.4, -0.2) is 31.6 Å². The Hall–Kier alpha value is -0.860. The highest BCUT2D eigenvalue weighted by atomic mass is 15.0. The van der Waals surface area contributed by atoms with Crippen LogP contribution in [0.5, 0.6) is 0 Å². The molecule has 1 aliphatic rings. The number of benzene rings is 1. The molecule has 0 saturated carbocycles. The summed E-state index contributed by atoms with van der Waals surface area (Å²) in [5, 5.41) is 3.79.